The maximum atomic E-state index is 12.9. The zero-order valence-corrected chi connectivity index (χ0v) is 15.1. The van der Waals surface area contributed by atoms with E-state index in [1.807, 2.05) is 0 Å². The molecule has 0 spiro atoms. The zero-order chi connectivity index (χ0) is 17.6. The van der Waals surface area contributed by atoms with Crippen LogP contribution in [0.4, 0.5) is 0 Å². The lowest BCUT2D eigenvalue weighted by Crippen LogP contribution is -2.24. The van der Waals surface area contributed by atoms with Crippen molar-refractivity contribution in [1.29, 1.82) is 0 Å². The number of benzene rings is 1. The van der Waals surface area contributed by atoms with E-state index in [9.17, 15) is 9.59 Å². The number of Topliss-reactive ketones (excluding diaryl/α,β-unsaturated/α-hetero) is 1. The molecule has 0 aliphatic carbocycles. The van der Waals surface area contributed by atoms with Gasteiger partial charge in [-0.15, -0.1) is 0 Å². The van der Waals surface area contributed by atoms with Crippen LogP contribution in [0.3, 0.4) is 0 Å². The van der Waals surface area contributed by atoms with E-state index in [0.717, 1.165) is 0 Å². The third kappa shape index (κ3) is 2.83. The Morgan fingerprint density at radius 3 is 2.54 bits per heavy atom. The number of hydrogen-bond donors (Lipinski definition) is 0. The minimum Gasteiger partial charge on any atom is -0.298 e. The summed E-state index contributed by atoms with van der Waals surface area (Å²) in [5.74, 6) is -0.179. The van der Waals surface area contributed by atoms with Crippen LogP contribution in [-0.4, -0.2) is 20.0 Å². The Labute approximate surface area is 152 Å². The van der Waals surface area contributed by atoms with Gasteiger partial charge in [-0.3, -0.25) is 9.59 Å². The van der Waals surface area contributed by atoms with Crippen LogP contribution in [0.2, 0.25) is 15.2 Å². The number of carbonyl (C=O) groups excluding carboxylic acids is 1. The van der Waals surface area contributed by atoms with Crippen LogP contribution in [0.1, 0.15) is 12.6 Å². The minimum absolute atomic E-state index is 0.115. The molecule has 0 radical (unpaired) electrons. The summed E-state index contributed by atoms with van der Waals surface area (Å²) in [7, 11) is 0. The first-order valence-corrected chi connectivity index (χ1v) is 8.16. The molecular weight excluding hydrogens is 373 g/mol. The largest absolute Gasteiger partial charge is 0.298 e. The number of carbonyl (C=O) groups is 1. The zero-order valence-electron chi connectivity index (χ0n) is 12.8. The van der Waals surface area contributed by atoms with Gasteiger partial charge < -0.3 is 0 Å². The first kappa shape index (κ1) is 17.0. The highest BCUT2D eigenvalue weighted by Gasteiger charge is 2.22. The van der Waals surface area contributed by atoms with E-state index in [0.29, 0.717) is 26.9 Å². The molecular formula is C16H12Cl3N3O2. The molecule has 2 heterocycles. The lowest BCUT2D eigenvalue weighted by Gasteiger charge is -2.06. The third-order valence-corrected chi connectivity index (χ3v) is 4.32. The first-order valence-electron chi connectivity index (χ1n) is 7.03. The van der Waals surface area contributed by atoms with Crippen molar-refractivity contribution in [3.05, 3.63) is 55.5 Å². The van der Waals surface area contributed by atoms with E-state index in [4.69, 9.17) is 34.8 Å². The molecule has 1 aromatic carbocycles. The number of halogens is 3. The van der Waals surface area contributed by atoms with E-state index < -0.39 is 5.56 Å². The molecule has 0 fully saturated rings. The minimum atomic E-state index is -0.394. The molecule has 5 nitrogen and oxygen atoms in total. The molecule has 0 N–H and O–H groups in total. The summed E-state index contributed by atoms with van der Waals surface area (Å²) in [6, 6.07) is 6.46. The monoisotopic (exact) mass is 383 g/mol. The van der Waals surface area contributed by atoms with Gasteiger partial charge in [-0.1, -0.05) is 40.9 Å². The molecule has 8 heteroatoms. The van der Waals surface area contributed by atoms with Crippen molar-refractivity contribution < 1.29 is 4.79 Å². The lowest BCUT2D eigenvalue weighted by atomic mass is 10.1. The summed E-state index contributed by atoms with van der Waals surface area (Å²) in [4.78, 5) is 28.9. The fourth-order valence-electron chi connectivity index (χ4n) is 2.57. The van der Waals surface area contributed by atoms with Crippen molar-refractivity contribution >= 4 is 46.2 Å². The fourth-order valence-corrected chi connectivity index (χ4v) is 3.40. The third-order valence-electron chi connectivity index (χ3n) is 3.50. The number of nitrogens with zero attached hydrogens (tertiary/aromatic N) is 3. The highest BCUT2D eigenvalue weighted by molar-refractivity contribution is 6.36. The van der Waals surface area contributed by atoms with Crippen molar-refractivity contribution in [3.8, 4) is 11.1 Å². The van der Waals surface area contributed by atoms with Crippen LogP contribution >= 0.6 is 34.8 Å². The molecule has 0 atom stereocenters. The van der Waals surface area contributed by atoms with Gasteiger partial charge in [0.2, 0.25) is 0 Å². The van der Waals surface area contributed by atoms with Crippen LogP contribution in [0, 0.1) is 6.92 Å². The van der Waals surface area contributed by atoms with Gasteiger partial charge in [0.05, 0.1) is 10.6 Å². The normalized spacial score (nSPS) is 11.2. The molecule has 3 rings (SSSR count). The average molecular weight is 385 g/mol. The Hall–Kier alpha value is -1.82. The predicted molar refractivity (Wildman–Crippen MR) is 95.3 cm³/mol. The van der Waals surface area contributed by atoms with Gasteiger partial charge in [0.1, 0.15) is 11.7 Å². The van der Waals surface area contributed by atoms with E-state index in [2.05, 4.69) is 4.98 Å². The summed E-state index contributed by atoms with van der Waals surface area (Å²) in [5.41, 5.74) is 1.36. The second-order valence-corrected chi connectivity index (χ2v) is 6.65. The van der Waals surface area contributed by atoms with Crippen LogP contribution in [0.25, 0.3) is 16.8 Å². The fraction of sp³-hybridized carbons (Fsp3) is 0.188. The van der Waals surface area contributed by atoms with Crippen LogP contribution in [-0.2, 0) is 11.3 Å². The smallest absolute Gasteiger partial charge is 0.277 e. The Morgan fingerprint density at radius 2 is 1.92 bits per heavy atom. The molecule has 0 aliphatic rings. The van der Waals surface area contributed by atoms with Gasteiger partial charge in [0, 0.05) is 16.3 Å². The SMILES string of the molecule is CC(=O)Cn1c(=O)c(-c2ccc(Cl)cc2Cl)c2nc(C)cc(Cl)n21. The Kier molecular flexibility index (Phi) is 4.42. The number of aromatic nitrogens is 3. The topological polar surface area (TPSA) is 56.4 Å². The number of hydrogen-bond acceptors (Lipinski definition) is 3. The summed E-state index contributed by atoms with van der Waals surface area (Å²) in [6.45, 7) is 3.05. The first-order chi connectivity index (χ1) is 11.3. The summed E-state index contributed by atoms with van der Waals surface area (Å²) >= 11 is 18.5. The van der Waals surface area contributed by atoms with Crippen molar-refractivity contribution in [3.63, 3.8) is 0 Å². The molecule has 0 aliphatic heterocycles. The molecule has 0 amide bonds. The number of aryl methyl sites for hydroxylation is 1. The van der Waals surface area contributed by atoms with E-state index >= 15 is 0 Å². The summed E-state index contributed by atoms with van der Waals surface area (Å²) in [6.07, 6.45) is 0. The lowest BCUT2D eigenvalue weighted by molar-refractivity contribution is -0.117. The molecule has 124 valence electrons. The van der Waals surface area contributed by atoms with Gasteiger partial charge >= 0.3 is 0 Å². The Bertz CT molecular complexity index is 1040. The van der Waals surface area contributed by atoms with Gasteiger partial charge in [-0.05, 0) is 32.0 Å². The van der Waals surface area contributed by atoms with Gasteiger partial charge in [0.25, 0.3) is 5.56 Å². The molecule has 0 bridgehead atoms. The predicted octanol–water partition coefficient (Wildman–Crippen LogP) is 4.02. The van der Waals surface area contributed by atoms with E-state index in [1.54, 1.807) is 31.2 Å². The van der Waals surface area contributed by atoms with E-state index in [-0.39, 0.29) is 23.0 Å². The molecule has 24 heavy (non-hydrogen) atoms. The molecule has 2 aromatic heterocycles. The Balaban J connectivity index is 2.46. The van der Waals surface area contributed by atoms with Crippen LogP contribution in [0.5, 0.6) is 0 Å². The van der Waals surface area contributed by atoms with Gasteiger partial charge in [-0.2, -0.15) is 0 Å². The van der Waals surface area contributed by atoms with E-state index in [1.165, 1.54) is 16.1 Å². The quantitative estimate of drug-likeness (QED) is 0.641. The maximum absolute atomic E-state index is 12.9. The number of rotatable bonds is 3. The van der Waals surface area contributed by atoms with Gasteiger partial charge in [0.15, 0.2) is 11.4 Å². The standard InChI is InChI=1S/C16H12Cl3N3O2/c1-8-5-13(19)22-15(20-8)14(16(24)21(22)7-9(2)23)11-4-3-10(17)6-12(11)18/h3-6H,7H2,1-2H3. The van der Waals surface area contributed by atoms with Crippen LogP contribution < -0.4 is 5.56 Å². The average Bonchev–Trinajstić information content (AvgIpc) is 2.72. The van der Waals surface area contributed by atoms with Crippen molar-refractivity contribution in [2.45, 2.75) is 20.4 Å². The van der Waals surface area contributed by atoms with Crippen molar-refractivity contribution in [2.75, 3.05) is 0 Å². The second kappa shape index (κ2) is 6.24. The van der Waals surface area contributed by atoms with Crippen molar-refractivity contribution in [2.24, 2.45) is 0 Å². The molecule has 0 unspecified atom stereocenters. The highest BCUT2D eigenvalue weighted by atomic mass is 35.5. The Morgan fingerprint density at radius 1 is 1.21 bits per heavy atom. The number of fused-ring (bicyclic) bond motifs is 1. The molecule has 0 saturated heterocycles. The molecule has 3 aromatic rings. The second-order valence-electron chi connectivity index (χ2n) is 5.42. The summed E-state index contributed by atoms with van der Waals surface area (Å²) < 4.78 is 2.69. The highest BCUT2D eigenvalue weighted by Crippen LogP contribution is 2.31. The van der Waals surface area contributed by atoms with Gasteiger partial charge in [-0.25, -0.2) is 14.2 Å². The van der Waals surface area contributed by atoms with Crippen LogP contribution in [0.15, 0.2) is 29.1 Å². The summed E-state index contributed by atoms with van der Waals surface area (Å²) in [5, 5.41) is 1.06. The maximum Gasteiger partial charge on any atom is 0.277 e. The molecule has 0 saturated carbocycles. The van der Waals surface area contributed by atoms with Crippen molar-refractivity contribution in [1.82, 2.24) is 14.2 Å². The number of ketones is 1.